The first-order valence-electron chi connectivity index (χ1n) is 5.32. The van der Waals surface area contributed by atoms with E-state index < -0.39 is 23.7 Å². The average molecular weight is 223 g/mol. The first-order valence-corrected chi connectivity index (χ1v) is 5.32. The molecule has 1 saturated heterocycles. The Kier molecular flexibility index (Phi) is 2.61. The largest absolute Gasteiger partial charge is 0.303 e. The van der Waals surface area contributed by atoms with Gasteiger partial charge in [-0.1, -0.05) is 0 Å². The molecule has 1 aliphatic carbocycles. The number of amides is 2. The first kappa shape index (κ1) is 11.0. The highest BCUT2D eigenvalue weighted by Gasteiger charge is 2.51. The van der Waals surface area contributed by atoms with Gasteiger partial charge in [0.05, 0.1) is 11.8 Å². The summed E-state index contributed by atoms with van der Waals surface area (Å²) in [4.78, 5) is 46.2. The van der Waals surface area contributed by atoms with Crippen LogP contribution in [0.1, 0.15) is 12.8 Å². The molecular weight excluding hydrogens is 210 g/mol. The molecule has 0 N–H and O–H groups in total. The van der Waals surface area contributed by atoms with Gasteiger partial charge in [-0.25, -0.2) is 0 Å². The SMILES string of the molecule is CN1C(=O)C2CC(C=O)C(C=O)CC2C1=O. The number of imide groups is 1. The maximum atomic E-state index is 11.7. The van der Waals surface area contributed by atoms with Crippen molar-refractivity contribution in [3.8, 4) is 0 Å². The Labute approximate surface area is 92.8 Å². The molecule has 86 valence electrons. The first-order chi connectivity index (χ1) is 7.60. The molecule has 0 aromatic carbocycles. The number of hydrogen-bond donors (Lipinski definition) is 0. The van der Waals surface area contributed by atoms with Gasteiger partial charge in [0.25, 0.3) is 0 Å². The normalized spacial score (nSPS) is 38.4. The predicted octanol–water partition coefficient (Wildman–Crippen LogP) is -0.359. The lowest BCUT2D eigenvalue weighted by Crippen LogP contribution is -2.35. The van der Waals surface area contributed by atoms with Crippen LogP contribution in [0.4, 0.5) is 0 Å². The van der Waals surface area contributed by atoms with E-state index in [-0.39, 0.29) is 11.8 Å². The van der Waals surface area contributed by atoms with Gasteiger partial charge in [-0.05, 0) is 12.8 Å². The van der Waals surface area contributed by atoms with E-state index in [2.05, 4.69) is 0 Å². The van der Waals surface area contributed by atoms with Crippen LogP contribution in [0, 0.1) is 23.7 Å². The predicted molar refractivity (Wildman–Crippen MR) is 53.1 cm³/mol. The van der Waals surface area contributed by atoms with Gasteiger partial charge in [-0.2, -0.15) is 0 Å². The molecule has 1 heterocycles. The zero-order valence-corrected chi connectivity index (χ0v) is 8.96. The summed E-state index contributed by atoms with van der Waals surface area (Å²) in [6.07, 6.45) is 2.11. The molecule has 5 heteroatoms. The van der Waals surface area contributed by atoms with Crippen molar-refractivity contribution in [2.75, 3.05) is 7.05 Å². The fourth-order valence-electron chi connectivity index (χ4n) is 2.73. The minimum atomic E-state index is -0.415. The number of aldehydes is 2. The lowest BCUT2D eigenvalue weighted by Gasteiger charge is -2.29. The summed E-state index contributed by atoms with van der Waals surface area (Å²) in [7, 11) is 1.45. The third-order valence-corrected chi connectivity index (χ3v) is 3.73. The van der Waals surface area contributed by atoms with E-state index in [0.29, 0.717) is 12.8 Å². The number of carbonyl (C=O) groups excluding carboxylic acids is 4. The molecule has 2 fully saturated rings. The molecule has 2 amide bonds. The number of carbonyl (C=O) groups is 4. The second-order valence-electron chi connectivity index (χ2n) is 4.52. The van der Waals surface area contributed by atoms with Crippen molar-refractivity contribution in [1.82, 2.24) is 4.90 Å². The molecule has 4 atom stereocenters. The van der Waals surface area contributed by atoms with Crippen molar-refractivity contribution in [3.05, 3.63) is 0 Å². The van der Waals surface area contributed by atoms with Gasteiger partial charge in [-0.3, -0.25) is 14.5 Å². The van der Waals surface area contributed by atoms with Crippen LogP contribution >= 0.6 is 0 Å². The zero-order chi connectivity index (χ0) is 11.9. The summed E-state index contributed by atoms with van der Waals surface area (Å²) in [6, 6.07) is 0. The van der Waals surface area contributed by atoms with Gasteiger partial charge >= 0.3 is 0 Å². The highest BCUT2D eigenvalue weighted by Crippen LogP contribution is 2.41. The second kappa shape index (κ2) is 3.81. The quantitative estimate of drug-likeness (QED) is 0.473. The summed E-state index contributed by atoms with van der Waals surface area (Å²) in [5.74, 6) is -2.06. The topological polar surface area (TPSA) is 71.5 Å². The van der Waals surface area contributed by atoms with Crippen LogP contribution in [0.25, 0.3) is 0 Å². The molecular formula is C11H13NO4. The maximum absolute atomic E-state index is 11.7. The van der Waals surface area contributed by atoms with Crippen LogP contribution in [-0.4, -0.2) is 36.3 Å². The Hall–Kier alpha value is -1.52. The molecule has 16 heavy (non-hydrogen) atoms. The van der Waals surface area contributed by atoms with Crippen LogP contribution in [0.2, 0.25) is 0 Å². The summed E-state index contributed by atoms with van der Waals surface area (Å²) in [5, 5.41) is 0. The molecule has 5 nitrogen and oxygen atoms in total. The minimum Gasteiger partial charge on any atom is -0.303 e. The van der Waals surface area contributed by atoms with E-state index in [1.54, 1.807) is 0 Å². The standard InChI is InChI=1S/C11H13NO4/c1-12-10(15)8-2-6(4-13)7(5-14)3-9(8)11(12)16/h4-9H,2-3H2,1H3. The van der Waals surface area contributed by atoms with Crippen molar-refractivity contribution in [2.24, 2.45) is 23.7 Å². The monoisotopic (exact) mass is 223 g/mol. The van der Waals surface area contributed by atoms with Gasteiger partial charge in [0.2, 0.25) is 11.8 Å². The Morgan fingerprint density at radius 3 is 1.69 bits per heavy atom. The molecule has 1 saturated carbocycles. The van der Waals surface area contributed by atoms with Gasteiger partial charge in [0, 0.05) is 18.9 Å². The fraction of sp³-hybridized carbons (Fsp3) is 0.636. The van der Waals surface area contributed by atoms with Gasteiger partial charge in [-0.15, -0.1) is 0 Å². The minimum absolute atomic E-state index is 0.216. The number of likely N-dealkylation sites (tertiary alicyclic amines) is 1. The third kappa shape index (κ3) is 1.38. The Morgan fingerprint density at radius 1 is 1.00 bits per heavy atom. The summed E-state index contributed by atoms with van der Waals surface area (Å²) in [6.45, 7) is 0. The van der Waals surface area contributed by atoms with E-state index >= 15 is 0 Å². The molecule has 1 aliphatic heterocycles. The average Bonchev–Trinajstić information content (AvgIpc) is 2.52. The van der Waals surface area contributed by atoms with E-state index in [1.807, 2.05) is 0 Å². The smallest absolute Gasteiger partial charge is 0.232 e. The summed E-state index contributed by atoms with van der Waals surface area (Å²) in [5.41, 5.74) is 0. The second-order valence-corrected chi connectivity index (χ2v) is 4.52. The Morgan fingerprint density at radius 2 is 1.38 bits per heavy atom. The van der Waals surface area contributed by atoms with E-state index in [0.717, 1.165) is 17.5 Å². The lowest BCUT2D eigenvalue weighted by molar-refractivity contribution is -0.138. The molecule has 2 rings (SSSR count). The summed E-state index contributed by atoms with van der Waals surface area (Å²) >= 11 is 0. The Bertz CT molecular complexity index is 331. The zero-order valence-electron chi connectivity index (χ0n) is 8.96. The molecule has 0 bridgehead atoms. The highest BCUT2D eigenvalue weighted by atomic mass is 16.2. The van der Waals surface area contributed by atoms with Gasteiger partial charge in [0.1, 0.15) is 12.6 Å². The van der Waals surface area contributed by atoms with Crippen molar-refractivity contribution < 1.29 is 19.2 Å². The molecule has 4 unspecified atom stereocenters. The molecule has 2 aliphatic rings. The molecule has 0 aromatic rings. The van der Waals surface area contributed by atoms with Crippen molar-refractivity contribution in [2.45, 2.75) is 12.8 Å². The van der Waals surface area contributed by atoms with Crippen LogP contribution in [-0.2, 0) is 19.2 Å². The van der Waals surface area contributed by atoms with Crippen molar-refractivity contribution >= 4 is 24.4 Å². The summed E-state index contributed by atoms with van der Waals surface area (Å²) < 4.78 is 0. The van der Waals surface area contributed by atoms with Crippen LogP contribution in [0.5, 0.6) is 0 Å². The van der Waals surface area contributed by atoms with Crippen molar-refractivity contribution in [3.63, 3.8) is 0 Å². The molecule has 0 spiro atoms. The van der Waals surface area contributed by atoms with Crippen LogP contribution < -0.4 is 0 Å². The van der Waals surface area contributed by atoms with E-state index in [1.165, 1.54) is 7.05 Å². The van der Waals surface area contributed by atoms with E-state index in [4.69, 9.17) is 0 Å². The molecule has 0 radical (unpaired) electrons. The third-order valence-electron chi connectivity index (χ3n) is 3.73. The highest BCUT2D eigenvalue weighted by molar-refractivity contribution is 6.05. The van der Waals surface area contributed by atoms with Gasteiger partial charge in [0.15, 0.2) is 0 Å². The lowest BCUT2D eigenvalue weighted by atomic mass is 9.70. The number of fused-ring (bicyclic) bond motifs is 1. The Balaban J connectivity index is 2.26. The number of rotatable bonds is 2. The van der Waals surface area contributed by atoms with Crippen molar-refractivity contribution in [1.29, 1.82) is 0 Å². The fourth-order valence-corrected chi connectivity index (χ4v) is 2.73. The van der Waals surface area contributed by atoms with Crippen LogP contribution in [0.3, 0.4) is 0 Å². The maximum Gasteiger partial charge on any atom is 0.232 e. The van der Waals surface area contributed by atoms with E-state index in [9.17, 15) is 19.2 Å². The van der Waals surface area contributed by atoms with Gasteiger partial charge < -0.3 is 9.59 Å². The molecule has 0 aromatic heterocycles. The van der Waals surface area contributed by atoms with Crippen LogP contribution in [0.15, 0.2) is 0 Å². The number of hydrogen-bond acceptors (Lipinski definition) is 4. The number of nitrogens with zero attached hydrogens (tertiary/aromatic N) is 1.